The lowest BCUT2D eigenvalue weighted by molar-refractivity contribution is -0.120. The summed E-state index contributed by atoms with van der Waals surface area (Å²) in [7, 11) is 0. The van der Waals surface area contributed by atoms with Gasteiger partial charge < -0.3 is 5.32 Å². The fourth-order valence-electron chi connectivity index (χ4n) is 0.399. The van der Waals surface area contributed by atoms with E-state index < -0.39 is 0 Å². The van der Waals surface area contributed by atoms with E-state index in [9.17, 15) is 4.79 Å². The van der Waals surface area contributed by atoms with Gasteiger partial charge in [0.25, 0.3) is 0 Å². The van der Waals surface area contributed by atoms with Gasteiger partial charge in [-0.3, -0.25) is 10.5 Å². The maximum atomic E-state index is 10.4. The van der Waals surface area contributed by atoms with Crippen LogP contribution in [0, 0.1) is 0 Å². The third-order valence-corrected chi connectivity index (χ3v) is 0.726. The lowest BCUT2D eigenvalue weighted by Gasteiger charge is -1.96. The quantitative estimate of drug-likeness (QED) is 0.544. The van der Waals surface area contributed by atoms with Crippen LogP contribution in [0.15, 0.2) is 0 Å². The smallest absolute Gasteiger partial charge is 0.221 e. The molecule has 0 heterocycles. The van der Waals surface area contributed by atoms with Crippen LogP contribution in [0.2, 0.25) is 0 Å². The van der Waals surface area contributed by atoms with Gasteiger partial charge in [0, 0.05) is 19.5 Å². The van der Waals surface area contributed by atoms with Gasteiger partial charge in [-0.05, 0) is 6.92 Å². The lowest BCUT2D eigenvalue weighted by Crippen LogP contribution is -2.23. The van der Waals surface area contributed by atoms with E-state index in [1.54, 1.807) is 0 Å². The molecule has 0 aliphatic rings. The minimum absolute atomic E-state index is 0.0255. The molecule has 0 saturated heterocycles. The number of hydrogen-bond donors (Lipinski definition) is 1. The number of amides is 1. The maximum absolute atomic E-state index is 10.4. The predicted molar refractivity (Wildman–Crippen MR) is 31.3 cm³/mol. The van der Waals surface area contributed by atoms with Crippen LogP contribution < -0.4 is 11.1 Å². The van der Waals surface area contributed by atoms with Gasteiger partial charge in [0.05, 0.1) is 0 Å². The summed E-state index contributed by atoms with van der Waals surface area (Å²) >= 11 is 0. The highest BCUT2D eigenvalue weighted by Gasteiger charge is 1.93. The van der Waals surface area contributed by atoms with Crippen molar-refractivity contribution in [1.29, 1.82) is 0 Å². The largest absolute Gasteiger partial charge is 0.356 e. The molecule has 2 N–H and O–H groups in total. The molecule has 47 valence electrons. The average molecular weight is 115 g/mol. The van der Waals surface area contributed by atoms with Crippen LogP contribution in [0.25, 0.3) is 0 Å². The monoisotopic (exact) mass is 115 g/mol. The van der Waals surface area contributed by atoms with Gasteiger partial charge in [0.2, 0.25) is 5.91 Å². The van der Waals surface area contributed by atoms with Crippen LogP contribution in [0.4, 0.5) is 0 Å². The zero-order valence-electron chi connectivity index (χ0n) is 5.03. The van der Waals surface area contributed by atoms with Gasteiger partial charge in [0.15, 0.2) is 0 Å². The van der Waals surface area contributed by atoms with E-state index >= 15 is 0 Å². The van der Waals surface area contributed by atoms with E-state index in [2.05, 4.69) is 5.32 Å². The Morgan fingerprint density at radius 2 is 2.38 bits per heavy atom. The topological polar surface area (TPSA) is 52.9 Å². The van der Waals surface area contributed by atoms with Crippen molar-refractivity contribution in [2.75, 3.05) is 13.1 Å². The van der Waals surface area contributed by atoms with Crippen LogP contribution in [0.5, 0.6) is 0 Å². The molecule has 0 aromatic carbocycles. The Bertz CT molecular complexity index is 64.8. The first kappa shape index (κ1) is 7.43. The van der Waals surface area contributed by atoms with E-state index in [0.29, 0.717) is 13.0 Å². The number of carbonyl (C=O) groups is 1. The number of rotatable bonds is 3. The van der Waals surface area contributed by atoms with Crippen molar-refractivity contribution in [1.82, 2.24) is 11.1 Å². The molecule has 0 rings (SSSR count). The van der Waals surface area contributed by atoms with Crippen molar-refractivity contribution in [3.8, 4) is 0 Å². The normalized spacial score (nSPS) is 8.75. The third-order valence-electron chi connectivity index (χ3n) is 0.726. The minimum Gasteiger partial charge on any atom is -0.356 e. The van der Waals surface area contributed by atoms with Gasteiger partial charge in [-0.1, -0.05) is 0 Å². The van der Waals surface area contributed by atoms with Crippen LogP contribution in [-0.2, 0) is 4.79 Å². The van der Waals surface area contributed by atoms with Crippen LogP contribution in [-0.4, -0.2) is 19.0 Å². The lowest BCUT2D eigenvalue weighted by atomic mass is 10.4. The van der Waals surface area contributed by atoms with Gasteiger partial charge >= 0.3 is 0 Å². The predicted octanol–water partition coefficient (Wildman–Crippen LogP) is -0.205. The maximum Gasteiger partial charge on any atom is 0.221 e. The summed E-state index contributed by atoms with van der Waals surface area (Å²) in [5.41, 5.74) is 6.65. The molecule has 0 aromatic rings. The first-order valence-corrected chi connectivity index (χ1v) is 2.72. The Morgan fingerprint density at radius 1 is 1.75 bits per heavy atom. The number of hydrogen-bond acceptors (Lipinski definition) is 1. The standard InChI is InChI=1S/C5H11N2O/c1-2-7-5(8)3-4-6/h6H,2-4H2,1H3,(H,7,8). The van der Waals surface area contributed by atoms with Crippen molar-refractivity contribution in [3.05, 3.63) is 0 Å². The molecule has 3 heteroatoms. The zero-order chi connectivity index (χ0) is 6.41. The summed E-state index contributed by atoms with van der Waals surface area (Å²) < 4.78 is 0. The highest BCUT2D eigenvalue weighted by Crippen LogP contribution is 1.72. The van der Waals surface area contributed by atoms with Gasteiger partial charge in [-0.25, -0.2) is 0 Å². The summed E-state index contributed by atoms with van der Waals surface area (Å²) in [5.74, 6) is -0.0255. The molecule has 1 radical (unpaired) electrons. The molecule has 0 spiro atoms. The van der Waals surface area contributed by atoms with Crippen LogP contribution in [0.1, 0.15) is 13.3 Å². The molecule has 8 heavy (non-hydrogen) atoms. The molecule has 0 aliphatic carbocycles. The van der Waals surface area contributed by atoms with Crippen LogP contribution in [0.3, 0.4) is 0 Å². The molecule has 0 unspecified atom stereocenters. The van der Waals surface area contributed by atoms with Gasteiger partial charge in [0.1, 0.15) is 0 Å². The van der Waals surface area contributed by atoms with E-state index in [1.165, 1.54) is 0 Å². The van der Waals surface area contributed by atoms with Crippen molar-refractivity contribution >= 4 is 5.91 Å². The Hall–Kier alpha value is -0.570. The molecule has 0 bridgehead atoms. The Kier molecular flexibility index (Phi) is 4.26. The van der Waals surface area contributed by atoms with Crippen molar-refractivity contribution < 1.29 is 4.79 Å². The molecule has 0 fully saturated rings. The Labute approximate surface area is 49.3 Å². The van der Waals surface area contributed by atoms with Crippen molar-refractivity contribution in [2.45, 2.75) is 13.3 Å². The van der Waals surface area contributed by atoms with E-state index in [4.69, 9.17) is 5.73 Å². The first-order chi connectivity index (χ1) is 3.81. The average Bonchev–Trinajstić information content (AvgIpc) is 1.68. The Morgan fingerprint density at radius 3 is 2.75 bits per heavy atom. The fourth-order valence-corrected chi connectivity index (χ4v) is 0.399. The molecular formula is C5H11N2O. The second-order valence-corrected chi connectivity index (χ2v) is 1.45. The highest BCUT2D eigenvalue weighted by atomic mass is 16.1. The van der Waals surface area contributed by atoms with E-state index in [-0.39, 0.29) is 12.5 Å². The summed E-state index contributed by atoms with van der Waals surface area (Å²) in [5, 5.41) is 2.59. The SMILES string of the molecule is CCNC(=O)CC[NH]. The summed E-state index contributed by atoms with van der Waals surface area (Å²) in [6.07, 6.45) is 0.327. The van der Waals surface area contributed by atoms with Gasteiger partial charge in [-0.2, -0.15) is 0 Å². The van der Waals surface area contributed by atoms with Crippen molar-refractivity contribution in [2.24, 2.45) is 0 Å². The molecule has 3 nitrogen and oxygen atoms in total. The van der Waals surface area contributed by atoms with Crippen molar-refractivity contribution in [3.63, 3.8) is 0 Å². The molecule has 0 aliphatic heterocycles. The molecule has 1 amide bonds. The fraction of sp³-hybridized carbons (Fsp3) is 0.800. The molecule has 0 aromatic heterocycles. The summed E-state index contributed by atoms with van der Waals surface area (Å²) in [4.78, 5) is 10.4. The molecule has 0 atom stereocenters. The summed E-state index contributed by atoms with van der Waals surface area (Å²) in [6.45, 7) is 2.71. The summed E-state index contributed by atoms with van der Waals surface area (Å²) in [6, 6.07) is 0. The second-order valence-electron chi connectivity index (χ2n) is 1.45. The minimum atomic E-state index is -0.0255. The van der Waals surface area contributed by atoms with Crippen LogP contribution >= 0.6 is 0 Å². The van der Waals surface area contributed by atoms with E-state index in [0.717, 1.165) is 0 Å². The highest BCUT2D eigenvalue weighted by molar-refractivity contribution is 5.75. The second kappa shape index (κ2) is 4.59. The van der Waals surface area contributed by atoms with E-state index in [1.807, 2.05) is 6.92 Å². The number of carbonyl (C=O) groups excluding carboxylic acids is 1. The third kappa shape index (κ3) is 3.61. The zero-order valence-corrected chi connectivity index (χ0v) is 5.03. The number of nitrogens with one attached hydrogen (secondary N) is 2. The van der Waals surface area contributed by atoms with Gasteiger partial charge in [-0.15, -0.1) is 0 Å². The molecular weight excluding hydrogens is 104 g/mol. The first-order valence-electron chi connectivity index (χ1n) is 2.72. The Balaban J connectivity index is 3.06. The molecule has 0 saturated carbocycles.